The highest BCUT2D eigenvalue weighted by atomic mass is 79.9. The molecule has 2 N–H and O–H groups in total. The molecule has 0 aliphatic rings. The Balaban J connectivity index is 2.24. The van der Waals surface area contributed by atoms with E-state index in [9.17, 15) is 0 Å². The fourth-order valence-electron chi connectivity index (χ4n) is 1.87. The number of anilines is 1. The molecular weight excluding hydrogens is 383 g/mol. The van der Waals surface area contributed by atoms with E-state index in [-0.39, 0.29) is 0 Å². The Bertz CT molecular complexity index is 785. The Kier molecular flexibility index (Phi) is 3.77. The van der Waals surface area contributed by atoms with Crippen LogP contribution >= 0.6 is 50.5 Å². The minimum Gasteiger partial charge on any atom is -0.380 e. The minimum atomic E-state index is 0.296. The maximum absolute atomic E-state index is 6.25. The molecule has 3 aromatic rings. The summed E-state index contributed by atoms with van der Waals surface area (Å²) in [6.07, 6.45) is 0. The van der Waals surface area contributed by atoms with Crippen molar-refractivity contribution in [1.82, 2.24) is 5.16 Å². The Morgan fingerprint density at radius 1 is 1.25 bits per heavy atom. The second-order valence-electron chi connectivity index (χ2n) is 3.99. The molecule has 7 heteroatoms. The van der Waals surface area contributed by atoms with Crippen LogP contribution in [0.25, 0.3) is 21.8 Å². The summed E-state index contributed by atoms with van der Waals surface area (Å²) in [5, 5.41) is 6.86. The largest absolute Gasteiger partial charge is 0.380 e. The highest BCUT2D eigenvalue weighted by Crippen LogP contribution is 2.44. The van der Waals surface area contributed by atoms with Crippen LogP contribution in [0.4, 0.5) is 5.82 Å². The third-order valence-corrected chi connectivity index (χ3v) is 5.13. The molecule has 0 aliphatic heterocycles. The van der Waals surface area contributed by atoms with E-state index in [1.165, 1.54) is 11.3 Å². The summed E-state index contributed by atoms with van der Waals surface area (Å²) in [7, 11) is 0. The van der Waals surface area contributed by atoms with Gasteiger partial charge >= 0.3 is 0 Å². The molecule has 0 aliphatic carbocycles. The Labute approximate surface area is 137 Å². The van der Waals surface area contributed by atoms with E-state index in [0.29, 0.717) is 27.2 Å². The number of rotatable bonds is 2. The van der Waals surface area contributed by atoms with Crippen molar-refractivity contribution in [2.75, 3.05) is 5.73 Å². The molecule has 20 heavy (non-hydrogen) atoms. The normalized spacial score (nSPS) is 10.9. The third kappa shape index (κ3) is 2.35. The lowest BCUT2D eigenvalue weighted by molar-refractivity contribution is 0.437. The molecule has 0 saturated heterocycles. The third-order valence-electron chi connectivity index (χ3n) is 2.74. The topological polar surface area (TPSA) is 52.0 Å². The lowest BCUT2D eigenvalue weighted by atomic mass is 10.1. The van der Waals surface area contributed by atoms with Crippen LogP contribution in [-0.4, -0.2) is 5.16 Å². The lowest BCUT2D eigenvalue weighted by Gasteiger charge is -2.05. The summed E-state index contributed by atoms with van der Waals surface area (Å²) < 4.78 is 6.30. The van der Waals surface area contributed by atoms with Crippen molar-refractivity contribution in [3.63, 3.8) is 0 Å². The second-order valence-corrected chi connectivity index (χ2v) is 6.61. The molecule has 3 rings (SSSR count). The standard InChI is InChI=1S/C13H7BrCl2N2OS/c14-8-3-4-20-12(8)11-10(13(17)18-19-11)7-2-1-6(15)5-9(7)16/h1-5H,(H2,17,18). The van der Waals surface area contributed by atoms with E-state index < -0.39 is 0 Å². The molecule has 102 valence electrons. The number of nitrogens with two attached hydrogens (primary N) is 1. The Morgan fingerprint density at radius 3 is 2.70 bits per heavy atom. The zero-order valence-electron chi connectivity index (χ0n) is 9.86. The van der Waals surface area contributed by atoms with Crippen molar-refractivity contribution in [2.45, 2.75) is 0 Å². The van der Waals surface area contributed by atoms with Gasteiger partial charge < -0.3 is 10.3 Å². The number of hydrogen-bond donors (Lipinski definition) is 1. The van der Waals surface area contributed by atoms with Crippen LogP contribution in [-0.2, 0) is 0 Å². The molecule has 1 aromatic carbocycles. The van der Waals surface area contributed by atoms with E-state index in [4.69, 9.17) is 33.5 Å². The zero-order chi connectivity index (χ0) is 14.3. The maximum atomic E-state index is 6.25. The number of nitrogens with zero attached hydrogens (tertiary/aromatic N) is 1. The van der Waals surface area contributed by atoms with Crippen LogP contribution in [0.2, 0.25) is 10.0 Å². The number of halogens is 3. The average Bonchev–Trinajstić information content (AvgIpc) is 2.96. The van der Waals surface area contributed by atoms with Crippen molar-refractivity contribution in [3.8, 4) is 21.8 Å². The van der Waals surface area contributed by atoms with Gasteiger partial charge in [0.25, 0.3) is 0 Å². The van der Waals surface area contributed by atoms with E-state index >= 15 is 0 Å². The van der Waals surface area contributed by atoms with Crippen molar-refractivity contribution in [1.29, 1.82) is 0 Å². The first-order valence-corrected chi connectivity index (χ1v) is 7.94. The molecule has 0 bridgehead atoms. The van der Waals surface area contributed by atoms with Crippen LogP contribution in [0.15, 0.2) is 38.6 Å². The van der Waals surface area contributed by atoms with Crippen LogP contribution < -0.4 is 5.73 Å². The monoisotopic (exact) mass is 388 g/mol. The zero-order valence-corrected chi connectivity index (χ0v) is 13.8. The van der Waals surface area contributed by atoms with E-state index in [0.717, 1.165) is 14.9 Å². The van der Waals surface area contributed by atoms with Gasteiger partial charge in [0.2, 0.25) is 0 Å². The highest BCUT2D eigenvalue weighted by Gasteiger charge is 2.22. The predicted molar refractivity (Wildman–Crippen MR) is 87.4 cm³/mol. The number of thiophene rings is 1. The van der Waals surface area contributed by atoms with Gasteiger partial charge in [-0.3, -0.25) is 0 Å². The summed E-state index contributed by atoms with van der Waals surface area (Å²) >= 11 is 17.2. The fourth-order valence-corrected chi connectivity index (χ4v) is 3.90. The first-order valence-electron chi connectivity index (χ1n) is 5.52. The van der Waals surface area contributed by atoms with Gasteiger partial charge in [-0.05, 0) is 39.5 Å². The Hall–Kier alpha value is -1.01. The van der Waals surface area contributed by atoms with Crippen LogP contribution in [0, 0.1) is 0 Å². The van der Waals surface area contributed by atoms with Gasteiger partial charge in [0.05, 0.1) is 15.5 Å². The molecule has 2 aromatic heterocycles. The molecule has 0 saturated carbocycles. The van der Waals surface area contributed by atoms with Gasteiger partial charge in [-0.2, -0.15) is 0 Å². The van der Waals surface area contributed by atoms with Crippen LogP contribution in [0.1, 0.15) is 0 Å². The molecule has 0 radical (unpaired) electrons. The van der Waals surface area contributed by atoms with Crippen molar-refractivity contribution in [3.05, 3.63) is 44.2 Å². The van der Waals surface area contributed by atoms with Gasteiger partial charge in [0, 0.05) is 15.1 Å². The van der Waals surface area contributed by atoms with E-state index in [2.05, 4.69) is 21.1 Å². The van der Waals surface area contributed by atoms with Crippen molar-refractivity contribution >= 4 is 56.3 Å². The molecular formula is C13H7BrCl2N2OS. The summed E-state index contributed by atoms with van der Waals surface area (Å²) in [5.74, 6) is 0.887. The molecule has 2 heterocycles. The Morgan fingerprint density at radius 2 is 2.05 bits per heavy atom. The maximum Gasteiger partial charge on any atom is 0.188 e. The molecule has 0 amide bonds. The number of nitrogen functional groups attached to an aromatic ring is 1. The molecule has 0 spiro atoms. The molecule has 0 atom stereocenters. The number of benzene rings is 1. The molecule has 0 unspecified atom stereocenters. The molecule has 0 fully saturated rings. The SMILES string of the molecule is Nc1noc(-c2sccc2Br)c1-c1ccc(Cl)cc1Cl. The van der Waals surface area contributed by atoms with Crippen LogP contribution in [0.5, 0.6) is 0 Å². The van der Waals surface area contributed by atoms with Gasteiger partial charge in [-0.25, -0.2) is 0 Å². The first-order chi connectivity index (χ1) is 9.58. The van der Waals surface area contributed by atoms with Crippen molar-refractivity contribution < 1.29 is 4.52 Å². The van der Waals surface area contributed by atoms with E-state index in [1.807, 2.05) is 11.4 Å². The first kappa shape index (κ1) is 13.9. The van der Waals surface area contributed by atoms with Crippen molar-refractivity contribution in [2.24, 2.45) is 0 Å². The number of aromatic nitrogens is 1. The van der Waals surface area contributed by atoms with Gasteiger partial charge in [0.1, 0.15) is 0 Å². The number of hydrogen-bond acceptors (Lipinski definition) is 4. The van der Waals surface area contributed by atoms with Gasteiger partial charge in [-0.1, -0.05) is 34.4 Å². The predicted octanol–water partition coefficient (Wildman–Crippen LogP) is 5.72. The lowest BCUT2D eigenvalue weighted by Crippen LogP contribution is -1.89. The summed E-state index contributed by atoms with van der Waals surface area (Å²) in [6.45, 7) is 0. The second kappa shape index (κ2) is 5.41. The van der Waals surface area contributed by atoms with Crippen LogP contribution in [0.3, 0.4) is 0 Å². The van der Waals surface area contributed by atoms with E-state index in [1.54, 1.807) is 18.2 Å². The average molecular weight is 390 g/mol. The van der Waals surface area contributed by atoms with Gasteiger partial charge in [0.15, 0.2) is 11.6 Å². The minimum absolute atomic E-state index is 0.296. The summed E-state index contributed by atoms with van der Waals surface area (Å²) in [6, 6.07) is 7.16. The summed E-state index contributed by atoms with van der Waals surface area (Å²) in [5.41, 5.74) is 7.35. The fraction of sp³-hybridized carbons (Fsp3) is 0. The smallest absolute Gasteiger partial charge is 0.188 e. The quantitative estimate of drug-likeness (QED) is 0.609. The highest BCUT2D eigenvalue weighted by molar-refractivity contribution is 9.10. The van der Waals surface area contributed by atoms with Gasteiger partial charge in [-0.15, -0.1) is 11.3 Å². The summed E-state index contributed by atoms with van der Waals surface area (Å²) in [4.78, 5) is 0.912. The molecule has 3 nitrogen and oxygen atoms in total.